The summed E-state index contributed by atoms with van der Waals surface area (Å²) < 4.78 is 0. The molecule has 0 aromatic heterocycles. The van der Waals surface area contributed by atoms with E-state index in [1.165, 1.54) is 25.7 Å². The smallest absolute Gasteiger partial charge is 0.267 e. The second kappa shape index (κ2) is 5.74. The molecule has 3 nitrogen and oxygen atoms in total. The van der Waals surface area contributed by atoms with Gasteiger partial charge in [-0.05, 0) is 55.2 Å². The van der Waals surface area contributed by atoms with E-state index in [0.29, 0.717) is 21.5 Å². The monoisotopic (exact) mass is 310 g/mol. The third kappa shape index (κ3) is 2.84. The molecule has 1 N–H and O–H groups in total. The Hall–Kier alpha value is -1.06. The van der Waals surface area contributed by atoms with E-state index in [1.807, 2.05) is 6.21 Å². The van der Waals surface area contributed by atoms with Crippen LogP contribution in [-0.4, -0.2) is 12.1 Å². The highest BCUT2D eigenvalue weighted by atomic mass is 35.5. The number of halogens is 2. The molecule has 2 saturated carbocycles. The number of nitrogens with one attached hydrogen (secondary N) is 1. The Balaban J connectivity index is 1.59. The molecule has 2 fully saturated rings. The SMILES string of the molecule is O=C(NN=C[C@H]1C[C@H]2CC[C@H]1C2)c1ccc(Cl)cc1Cl. The number of rotatable bonds is 3. The lowest BCUT2D eigenvalue weighted by Gasteiger charge is -2.16. The molecule has 1 aromatic carbocycles. The van der Waals surface area contributed by atoms with Gasteiger partial charge in [0.25, 0.3) is 5.91 Å². The van der Waals surface area contributed by atoms with Crippen molar-refractivity contribution in [1.82, 2.24) is 5.43 Å². The molecular formula is C15H16Cl2N2O. The molecule has 20 heavy (non-hydrogen) atoms. The largest absolute Gasteiger partial charge is 0.272 e. The molecule has 5 heteroatoms. The normalized spacial score (nSPS) is 28.2. The number of amides is 1. The maximum Gasteiger partial charge on any atom is 0.272 e. The molecule has 0 unspecified atom stereocenters. The average molecular weight is 311 g/mol. The first-order chi connectivity index (χ1) is 9.63. The van der Waals surface area contributed by atoms with Gasteiger partial charge in [0.2, 0.25) is 0 Å². The number of carbonyl (C=O) groups excluding carboxylic acids is 1. The first-order valence-electron chi connectivity index (χ1n) is 6.92. The lowest BCUT2D eigenvalue weighted by Crippen LogP contribution is -2.20. The quantitative estimate of drug-likeness (QED) is 0.661. The Morgan fingerprint density at radius 2 is 2.15 bits per heavy atom. The van der Waals surface area contributed by atoms with Crippen molar-refractivity contribution in [3.63, 3.8) is 0 Å². The van der Waals surface area contributed by atoms with E-state index in [2.05, 4.69) is 10.5 Å². The fourth-order valence-corrected chi connectivity index (χ4v) is 3.90. The van der Waals surface area contributed by atoms with Crippen LogP contribution >= 0.6 is 23.2 Å². The molecule has 0 spiro atoms. The van der Waals surface area contributed by atoms with Crippen molar-refractivity contribution < 1.29 is 4.79 Å². The second-order valence-corrected chi connectivity index (χ2v) is 6.53. The van der Waals surface area contributed by atoms with Crippen LogP contribution in [0.2, 0.25) is 10.0 Å². The van der Waals surface area contributed by atoms with Crippen LogP contribution in [0.15, 0.2) is 23.3 Å². The zero-order chi connectivity index (χ0) is 14.1. The van der Waals surface area contributed by atoms with Gasteiger partial charge in [-0.25, -0.2) is 5.43 Å². The molecule has 2 aliphatic carbocycles. The Kier molecular flexibility index (Phi) is 3.99. The van der Waals surface area contributed by atoms with E-state index < -0.39 is 0 Å². The zero-order valence-electron chi connectivity index (χ0n) is 11.0. The zero-order valence-corrected chi connectivity index (χ0v) is 12.5. The van der Waals surface area contributed by atoms with E-state index in [-0.39, 0.29) is 5.91 Å². The summed E-state index contributed by atoms with van der Waals surface area (Å²) >= 11 is 11.8. The maximum absolute atomic E-state index is 12.0. The summed E-state index contributed by atoms with van der Waals surface area (Å²) in [5, 5.41) is 4.95. The van der Waals surface area contributed by atoms with Gasteiger partial charge in [-0.2, -0.15) is 5.10 Å². The van der Waals surface area contributed by atoms with Crippen LogP contribution in [0.4, 0.5) is 0 Å². The minimum Gasteiger partial charge on any atom is -0.267 e. The van der Waals surface area contributed by atoms with Crippen molar-refractivity contribution in [2.24, 2.45) is 22.9 Å². The van der Waals surface area contributed by atoms with Crippen LogP contribution < -0.4 is 5.43 Å². The third-order valence-corrected chi connectivity index (χ3v) is 4.95. The molecule has 106 valence electrons. The van der Waals surface area contributed by atoms with Gasteiger partial charge in [0.15, 0.2) is 0 Å². The Morgan fingerprint density at radius 1 is 1.30 bits per heavy atom. The number of hydrogen-bond donors (Lipinski definition) is 1. The predicted octanol–water partition coefficient (Wildman–Crippen LogP) is 4.15. The van der Waals surface area contributed by atoms with Crippen molar-refractivity contribution in [3.05, 3.63) is 33.8 Å². The molecule has 1 amide bonds. The van der Waals surface area contributed by atoms with Gasteiger partial charge in [-0.3, -0.25) is 4.79 Å². The molecule has 2 aliphatic rings. The Bertz CT molecular complexity index is 559. The van der Waals surface area contributed by atoms with E-state index in [0.717, 1.165) is 11.8 Å². The molecule has 0 saturated heterocycles. The summed E-state index contributed by atoms with van der Waals surface area (Å²) in [6.07, 6.45) is 7.10. The van der Waals surface area contributed by atoms with E-state index in [9.17, 15) is 4.79 Å². The standard InChI is InChI=1S/C15H16Cl2N2O/c16-12-3-4-13(14(17)7-12)15(20)19-18-8-11-6-9-1-2-10(11)5-9/h3-4,7-11H,1-2,5-6H2,(H,19,20)/t9-,10-,11+/m0/s1. The maximum atomic E-state index is 12.0. The number of fused-ring (bicyclic) bond motifs is 2. The van der Waals surface area contributed by atoms with Crippen LogP contribution in [0.25, 0.3) is 0 Å². The molecule has 3 rings (SSSR count). The molecular weight excluding hydrogens is 295 g/mol. The van der Waals surface area contributed by atoms with Crippen LogP contribution in [0.1, 0.15) is 36.0 Å². The van der Waals surface area contributed by atoms with E-state index in [1.54, 1.807) is 18.2 Å². The molecule has 1 aromatic rings. The van der Waals surface area contributed by atoms with Gasteiger partial charge in [0, 0.05) is 11.2 Å². The summed E-state index contributed by atoms with van der Waals surface area (Å²) in [5.41, 5.74) is 2.94. The summed E-state index contributed by atoms with van der Waals surface area (Å²) in [6, 6.07) is 4.80. The lowest BCUT2D eigenvalue weighted by molar-refractivity contribution is 0.0955. The van der Waals surface area contributed by atoms with Gasteiger partial charge in [0.1, 0.15) is 0 Å². The first kappa shape index (κ1) is 13.9. The van der Waals surface area contributed by atoms with Gasteiger partial charge in [0.05, 0.1) is 10.6 Å². The number of hydrogen-bond acceptors (Lipinski definition) is 2. The van der Waals surface area contributed by atoms with Crippen LogP contribution in [0.5, 0.6) is 0 Å². The van der Waals surface area contributed by atoms with Gasteiger partial charge < -0.3 is 0 Å². The molecule has 3 atom stereocenters. The summed E-state index contributed by atoms with van der Waals surface area (Å²) in [6.45, 7) is 0. The predicted molar refractivity (Wildman–Crippen MR) is 81.4 cm³/mol. The highest BCUT2D eigenvalue weighted by molar-refractivity contribution is 6.36. The summed E-state index contributed by atoms with van der Waals surface area (Å²) in [5.74, 6) is 1.86. The molecule has 0 radical (unpaired) electrons. The Labute approximate surface area is 128 Å². The number of benzene rings is 1. The average Bonchev–Trinajstić information content (AvgIpc) is 3.00. The van der Waals surface area contributed by atoms with Crippen LogP contribution in [0, 0.1) is 17.8 Å². The Morgan fingerprint density at radius 3 is 2.80 bits per heavy atom. The minimum atomic E-state index is -0.300. The van der Waals surface area contributed by atoms with Crippen LogP contribution in [-0.2, 0) is 0 Å². The number of hydrazone groups is 1. The van der Waals surface area contributed by atoms with Crippen molar-refractivity contribution >= 4 is 35.3 Å². The van der Waals surface area contributed by atoms with E-state index >= 15 is 0 Å². The van der Waals surface area contributed by atoms with Crippen molar-refractivity contribution in [3.8, 4) is 0 Å². The number of carbonyl (C=O) groups is 1. The topological polar surface area (TPSA) is 41.5 Å². The fraction of sp³-hybridized carbons (Fsp3) is 0.467. The van der Waals surface area contributed by atoms with Crippen molar-refractivity contribution in [2.75, 3.05) is 0 Å². The van der Waals surface area contributed by atoms with Crippen molar-refractivity contribution in [2.45, 2.75) is 25.7 Å². The minimum absolute atomic E-state index is 0.300. The highest BCUT2D eigenvalue weighted by Crippen LogP contribution is 2.47. The third-order valence-electron chi connectivity index (χ3n) is 4.40. The van der Waals surface area contributed by atoms with Crippen molar-refractivity contribution in [1.29, 1.82) is 0 Å². The fourth-order valence-electron chi connectivity index (χ4n) is 3.40. The first-order valence-corrected chi connectivity index (χ1v) is 7.67. The summed E-state index contributed by atoms with van der Waals surface area (Å²) in [7, 11) is 0. The van der Waals surface area contributed by atoms with Gasteiger partial charge in [-0.15, -0.1) is 0 Å². The molecule has 2 bridgehead atoms. The van der Waals surface area contributed by atoms with Gasteiger partial charge >= 0.3 is 0 Å². The summed E-state index contributed by atoms with van der Waals surface area (Å²) in [4.78, 5) is 12.0. The van der Waals surface area contributed by atoms with Gasteiger partial charge in [-0.1, -0.05) is 29.6 Å². The lowest BCUT2D eigenvalue weighted by atomic mass is 9.90. The number of nitrogens with zero attached hydrogens (tertiary/aromatic N) is 1. The highest BCUT2D eigenvalue weighted by Gasteiger charge is 2.38. The second-order valence-electron chi connectivity index (χ2n) is 5.68. The van der Waals surface area contributed by atoms with Crippen LogP contribution in [0.3, 0.4) is 0 Å². The van der Waals surface area contributed by atoms with E-state index in [4.69, 9.17) is 23.2 Å². The molecule has 0 aliphatic heterocycles. The molecule has 0 heterocycles.